The number of thiocarbonyl (C=S) groups is 1. The van der Waals surface area contributed by atoms with Gasteiger partial charge in [-0.25, -0.2) is 4.98 Å². The Balaban J connectivity index is 3.38. The Labute approximate surface area is 83.4 Å². The van der Waals surface area contributed by atoms with Crippen LogP contribution in [0.15, 0.2) is 6.07 Å². The summed E-state index contributed by atoms with van der Waals surface area (Å²) in [4.78, 5) is 4.68. The second-order valence-electron chi connectivity index (χ2n) is 2.92. The van der Waals surface area contributed by atoms with Crippen molar-refractivity contribution in [1.82, 2.24) is 4.98 Å². The van der Waals surface area contributed by atoms with Crippen LogP contribution in [0.1, 0.15) is 16.8 Å². The number of hydrogen-bond acceptors (Lipinski definition) is 3. The fraction of sp³-hybridized carbons (Fsp3) is 0.333. The minimum absolute atomic E-state index is 0.384. The molecule has 0 aromatic carbocycles. The molecule has 0 saturated carbocycles. The van der Waals surface area contributed by atoms with Crippen LogP contribution in [0.25, 0.3) is 0 Å². The van der Waals surface area contributed by atoms with E-state index in [-0.39, 0.29) is 0 Å². The van der Waals surface area contributed by atoms with Crippen LogP contribution in [0.2, 0.25) is 0 Å². The molecule has 3 N–H and O–H groups in total. The van der Waals surface area contributed by atoms with Crippen molar-refractivity contribution in [2.24, 2.45) is 5.73 Å². The van der Waals surface area contributed by atoms with E-state index >= 15 is 0 Å². The highest BCUT2D eigenvalue weighted by Crippen LogP contribution is 2.17. The molecule has 0 saturated heterocycles. The summed E-state index contributed by atoms with van der Waals surface area (Å²) in [7, 11) is 1.81. The molecule has 1 heterocycles. The lowest BCUT2D eigenvalue weighted by atomic mass is 10.1. The topological polar surface area (TPSA) is 50.9 Å². The van der Waals surface area contributed by atoms with Crippen molar-refractivity contribution >= 4 is 23.0 Å². The van der Waals surface area contributed by atoms with E-state index < -0.39 is 0 Å². The Kier molecular flexibility index (Phi) is 2.83. The number of hydrogen-bond donors (Lipinski definition) is 2. The van der Waals surface area contributed by atoms with Gasteiger partial charge in [0, 0.05) is 12.7 Å². The summed E-state index contributed by atoms with van der Waals surface area (Å²) >= 11 is 4.94. The van der Waals surface area contributed by atoms with Crippen LogP contribution < -0.4 is 11.1 Å². The zero-order valence-electron chi connectivity index (χ0n) is 8.01. The Morgan fingerprint density at radius 2 is 2.15 bits per heavy atom. The summed E-state index contributed by atoms with van der Waals surface area (Å²) in [6, 6.07) is 1.97. The third-order valence-corrected chi connectivity index (χ3v) is 2.03. The van der Waals surface area contributed by atoms with Crippen molar-refractivity contribution in [1.29, 1.82) is 0 Å². The fourth-order valence-electron chi connectivity index (χ4n) is 1.33. The highest BCUT2D eigenvalue weighted by molar-refractivity contribution is 7.80. The zero-order chi connectivity index (χ0) is 10.0. The van der Waals surface area contributed by atoms with Crippen molar-refractivity contribution < 1.29 is 0 Å². The molecule has 0 aliphatic heterocycles. The molecule has 1 aromatic heterocycles. The molecule has 0 bridgehead atoms. The van der Waals surface area contributed by atoms with Crippen molar-refractivity contribution in [2.45, 2.75) is 13.8 Å². The predicted molar refractivity (Wildman–Crippen MR) is 59.1 cm³/mol. The molecule has 70 valence electrons. The van der Waals surface area contributed by atoms with Crippen LogP contribution in [0.3, 0.4) is 0 Å². The Bertz CT molecular complexity index is 347. The van der Waals surface area contributed by atoms with Crippen LogP contribution in [-0.4, -0.2) is 17.0 Å². The number of nitrogens with one attached hydrogen (secondary N) is 1. The highest BCUT2D eigenvalue weighted by Gasteiger charge is 2.09. The monoisotopic (exact) mass is 195 g/mol. The van der Waals surface area contributed by atoms with E-state index in [1.54, 1.807) is 0 Å². The summed E-state index contributed by atoms with van der Waals surface area (Å²) in [5.74, 6) is 0.755. The normalized spacial score (nSPS) is 9.77. The molecular formula is C9H13N3S. The largest absolute Gasteiger partial charge is 0.389 e. The van der Waals surface area contributed by atoms with Gasteiger partial charge in [-0.3, -0.25) is 0 Å². The summed E-state index contributed by atoms with van der Waals surface area (Å²) < 4.78 is 0. The smallest absolute Gasteiger partial charge is 0.136 e. The summed E-state index contributed by atoms with van der Waals surface area (Å²) in [6.45, 7) is 3.92. The van der Waals surface area contributed by atoms with Crippen LogP contribution in [0.4, 0.5) is 5.82 Å². The predicted octanol–water partition coefficient (Wildman–Crippen LogP) is 1.37. The molecule has 13 heavy (non-hydrogen) atoms. The van der Waals surface area contributed by atoms with E-state index in [4.69, 9.17) is 18.0 Å². The van der Waals surface area contributed by atoms with E-state index in [0.29, 0.717) is 4.99 Å². The van der Waals surface area contributed by atoms with Gasteiger partial charge in [0.1, 0.15) is 10.8 Å². The average molecular weight is 195 g/mol. The molecule has 0 aliphatic carbocycles. The molecule has 0 aliphatic rings. The number of aryl methyl sites for hydroxylation is 2. The second kappa shape index (κ2) is 3.70. The van der Waals surface area contributed by atoms with E-state index in [2.05, 4.69) is 10.3 Å². The molecule has 0 amide bonds. The summed E-state index contributed by atoms with van der Waals surface area (Å²) in [5.41, 5.74) is 8.45. The van der Waals surface area contributed by atoms with Gasteiger partial charge >= 0.3 is 0 Å². The maximum atomic E-state index is 5.59. The van der Waals surface area contributed by atoms with Gasteiger partial charge in [0.15, 0.2) is 0 Å². The van der Waals surface area contributed by atoms with Gasteiger partial charge in [0.2, 0.25) is 0 Å². The Morgan fingerprint density at radius 3 is 2.62 bits per heavy atom. The van der Waals surface area contributed by atoms with Crippen LogP contribution in [0.5, 0.6) is 0 Å². The van der Waals surface area contributed by atoms with Crippen LogP contribution >= 0.6 is 12.2 Å². The SMILES string of the molecule is CNc1nc(C)cc(C)c1C(N)=S. The first-order valence-electron chi connectivity index (χ1n) is 4.02. The molecule has 1 rings (SSSR count). The molecule has 0 atom stereocenters. The van der Waals surface area contributed by atoms with E-state index in [0.717, 1.165) is 22.6 Å². The van der Waals surface area contributed by atoms with Gasteiger partial charge in [-0.05, 0) is 25.5 Å². The van der Waals surface area contributed by atoms with Crippen molar-refractivity contribution in [3.05, 3.63) is 22.9 Å². The number of anilines is 1. The minimum Gasteiger partial charge on any atom is -0.389 e. The third kappa shape index (κ3) is 1.95. The maximum absolute atomic E-state index is 5.59. The standard InChI is InChI=1S/C9H13N3S/c1-5-4-6(2)12-9(11-3)7(5)8(10)13/h4H,1-3H3,(H2,10,13)(H,11,12). The molecule has 0 fully saturated rings. The summed E-state index contributed by atoms with van der Waals surface area (Å²) in [6.07, 6.45) is 0. The van der Waals surface area contributed by atoms with Gasteiger partial charge in [-0.1, -0.05) is 12.2 Å². The molecule has 0 unspecified atom stereocenters. The highest BCUT2D eigenvalue weighted by atomic mass is 32.1. The van der Waals surface area contributed by atoms with Gasteiger partial charge < -0.3 is 11.1 Å². The summed E-state index contributed by atoms with van der Waals surface area (Å²) in [5, 5.41) is 2.98. The van der Waals surface area contributed by atoms with Crippen LogP contribution in [0, 0.1) is 13.8 Å². The van der Waals surface area contributed by atoms with E-state index in [9.17, 15) is 0 Å². The molecule has 4 heteroatoms. The Morgan fingerprint density at radius 1 is 1.54 bits per heavy atom. The zero-order valence-corrected chi connectivity index (χ0v) is 8.83. The van der Waals surface area contributed by atoms with Crippen molar-refractivity contribution in [2.75, 3.05) is 12.4 Å². The lowest BCUT2D eigenvalue weighted by Gasteiger charge is -2.10. The second-order valence-corrected chi connectivity index (χ2v) is 3.36. The first-order valence-corrected chi connectivity index (χ1v) is 4.43. The lowest BCUT2D eigenvalue weighted by Crippen LogP contribution is -2.15. The van der Waals surface area contributed by atoms with Gasteiger partial charge in [-0.2, -0.15) is 0 Å². The lowest BCUT2D eigenvalue weighted by molar-refractivity contribution is 1.16. The maximum Gasteiger partial charge on any atom is 0.136 e. The number of nitrogens with two attached hydrogens (primary N) is 1. The minimum atomic E-state index is 0.384. The average Bonchev–Trinajstić information content (AvgIpc) is 2.01. The molecule has 1 aromatic rings. The fourth-order valence-corrected chi connectivity index (χ4v) is 1.59. The number of nitrogens with zero attached hydrogens (tertiary/aromatic N) is 1. The number of aromatic nitrogens is 1. The molecule has 3 nitrogen and oxygen atoms in total. The third-order valence-electron chi connectivity index (χ3n) is 1.83. The molecule has 0 spiro atoms. The number of pyridine rings is 1. The first-order chi connectivity index (χ1) is 6.06. The van der Waals surface area contributed by atoms with Crippen molar-refractivity contribution in [3.63, 3.8) is 0 Å². The van der Waals surface area contributed by atoms with Crippen molar-refractivity contribution in [3.8, 4) is 0 Å². The number of rotatable bonds is 2. The van der Waals surface area contributed by atoms with Gasteiger partial charge in [0.05, 0.1) is 5.56 Å². The van der Waals surface area contributed by atoms with Gasteiger partial charge in [0.25, 0.3) is 0 Å². The van der Waals surface area contributed by atoms with Gasteiger partial charge in [-0.15, -0.1) is 0 Å². The van der Waals surface area contributed by atoms with E-state index in [1.165, 1.54) is 0 Å². The van der Waals surface area contributed by atoms with Crippen LogP contribution in [-0.2, 0) is 0 Å². The first kappa shape index (κ1) is 9.92. The molecule has 0 radical (unpaired) electrons. The van der Waals surface area contributed by atoms with E-state index in [1.807, 2.05) is 27.0 Å². The molecular weight excluding hydrogens is 182 g/mol. The quantitative estimate of drug-likeness (QED) is 0.700. The Hall–Kier alpha value is -1.16.